The zero-order valence-corrected chi connectivity index (χ0v) is 14.3. The number of ether oxygens (including phenoxy) is 3. The summed E-state index contributed by atoms with van der Waals surface area (Å²) in [5.74, 6) is -1.84. The van der Waals surface area contributed by atoms with Gasteiger partial charge in [0, 0.05) is 7.11 Å². The van der Waals surface area contributed by atoms with Gasteiger partial charge in [0.05, 0.1) is 24.5 Å². The van der Waals surface area contributed by atoms with E-state index in [0.717, 1.165) is 5.57 Å². The maximum Gasteiger partial charge on any atom is 0.391 e. The summed E-state index contributed by atoms with van der Waals surface area (Å²) in [6.45, 7) is 5.36. The van der Waals surface area contributed by atoms with Gasteiger partial charge < -0.3 is 14.2 Å². The number of rotatable bonds is 5. The Morgan fingerprint density at radius 2 is 2.08 bits per heavy atom. The molecule has 24 heavy (non-hydrogen) atoms. The second-order valence-electron chi connectivity index (χ2n) is 7.35. The van der Waals surface area contributed by atoms with Crippen LogP contribution < -0.4 is 0 Å². The van der Waals surface area contributed by atoms with E-state index in [1.807, 2.05) is 13.8 Å². The van der Waals surface area contributed by atoms with E-state index in [4.69, 9.17) is 14.2 Å². The Balaban J connectivity index is 1.74. The minimum absolute atomic E-state index is 0.00471. The zero-order chi connectivity index (χ0) is 17.9. The average molecular weight is 348 g/mol. The topological polar surface area (TPSA) is 51.4 Å². The minimum Gasteiger partial charge on any atom is -0.373 e. The normalized spacial score (nSPS) is 42.9. The smallest absolute Gasteiger partial charge is 0.373 e. The van der Waals surface area contributed by atoms with Crippen LogP contribution in [0.15, 0.2) is 11.6 Å². The van der Waals surface area contributed by atoms with Crippen LogP contribution in [0.1, 0.15) is 33.6 Å². The molecule has 0 radical (unpaired) electrons. The fraction of sp³-hybridized carbons (Fsp3) is 0.824. The summed E-state index contributed by atoms with van der Waals surface area (Å²) in [4.78, 5) is 12.3. The molecule has 0 bridgehead atoms. The molecule has 0 N–H and O–H groups in total. The van der Waals surface area contributed by atoms with Gasteiger partial charge in [-0.25, -0.2) is 0 Å². The number of carbonyl (C=O) groups is 1. The van der Waals surface area contributed by atoms with Crippen molar-refractivity contribution in [3.8, 4) is 0 Å². The molecule has 1 spiro atoms. The molecule has 0 amide bonds. The van der Waals surface area contributed by atoms with Gasteiger partial charge in [0.15, 0.2) is 5.78 Å². The second kappa shape index (κ2) is 5.54. The molecule has 0 aromatic carbocycles. The average Bonchev–Trinajstić information content (AvgIpc) is 3.37. The van der Waals surface area contributed by atoms with E-state index < -0.39 is 29.4 Å². The van der Waals surface area contributed by atoms with Crippen LogP contribution in [0.3, 0.4) is 0 Å². The molecule has 2 fully saturated rings. The lowest BCUT2D eigenvalue weighted by atomic mass is 9.68. The molecule has 2 saturated heterocycles. The summed E-state index contributed by atoms with van der Waals surface area (Å²) in [6, 6.07) is 0. The summed E-state index contributed by atoms with van der Waals surface area (Å²) in [5, 5.41) is 0. The molecule has 2 heterocycles. The Hall–Kier alpha value is -0.920. The van der Waals surface area contributed by atoms with Crippen molar-refractivity contribution in [1.82, 2.24) is 0 Å². The fourth-order valence-corrected chi connectivity index (χ4v) is 4.03. The Morgan fingerprint density at radius 3 is 2.58 bits per heavy atom. The third-order valence-electron chi connectivity index (χ3n) is 5.84. The van der Waals surface area contributed by atoms with Gasteiger partial charge in [-0.05, 0) is 38.3 Å². The quantitative estimate of drug-likeness (QED) is 0.717. The summed E-state index contributed by atoms with van der Waals surface area (Å²) in [7, 11) is 1.46. The molecular formula is C17H23F3O4. The van der Waals surface area contributed by atoms with Crippen molar-refractivity contribution in [3.63, 3.8) is 0 Å². The van der Waals surface area contributed by atoms with Crippen molar-refractivity contribution < 1.29 is 32.2 Å². The number of hydrogen-bond acceptors (Lipinski definition) is 4. The summed E-state index contributed by atoms with van der Waals surface area (Å²) in [5.41, 5.74) is -0.438. The molecule has 0 aromatic heterocycles. The van der Waals surface area contributed by atoms with Crippen LogP contribution in [0.4, 0.5) is 13.2 Å². The predicted molar refractivity (Wildman–Crippen MR) is 79.5 cm³/mol. The number of ketones is 1. The van der Waals surface area contributed by atoms with Gasteiger partial charge in [0.1, 0.15) is 17.3 Å². The number of alkyl halides is 3. The molecule has 1 aliphatic carbocycles. The number of carbonyl (C=O) groups excluding carboxylic acids is 1. The maximum absolute atomic E-state index is 12.7. The first-order chi connectivity index (χ1) is 11.1. The van der Waals surface area contributed by atoms with Crippen LogP contribution in [0.2, 0.25) is 0 Å². The molecular weight excluding hydrogens is 325 g/mol. The van der Waals surface area contributed by atoms with Gasteiger partial charge in [-0.15, -0.1) is 0 Å². The first kappa shape index (κ1) is 17.9. The Morgan fingerprint density at radius 1 is 1.46 bits per heavy atom. The molecule has 2 aliphatic heterocycles. The van der Waals surface area contributed by atoms with Crippen molar-refractivity contribution in [3.05, 3.63) is 11.6 Å². The molecule has 0 saturated carbocycles. The Labute approximate surface area is 139 Å². The molecule has 3 rings (SSSR count). The van der Waals surface area contributed by atoms with Gasteiger partial charge in [-0.3, -0.25) is 4.79 Å². The van der Waals surface area contributed by atoms with E-state index in [1.54, 1.807) is 6.08 Å². The lowest BCUT2D eigenvalue weighted by Gasteiger charge is -2.37. The van der Waals surface area contributed by atoms with Crippen LogP contribution in [0, 0.1) is 11.8 Å². The molecule has 4 nitrogen and oxygen atoms in total. The van der Waals surface area contributed by atoms with Crippen LogP contribution in [0.5, 0.6) is 0 Å². The largest absolute Gasteiger partial charge is 0.391 e. The predicted octanol–water partition coefficient (Wildman–Crippen LogP) is 3.05. The van der Waals surface area contributed by atoms with Crippen LogP contribution in [0.25, 0.3) is 0 Å². The molecule has 2 unspecified atom stereocenters. The fourth-order valence-electron chi connectivity index (χ4n) is 4.03. The van der Waals surface area contributed by atoms with Crippen molar-refractivity contribution in [2.24, 2.45) is 11.8 Å². The van der Waals surface area contributed by atoms with Crippen molar-refractivity contribution >= 4 is 5.78 Å². The third kappa shape index (κ3) is 2.70. The zero-order valence-electron chi connectivity index (χ0n) is 14.3. The van der Waals surface area contributed by atoms with Gasteiger partial charge >= 0.3 is 6.18 Å². The van der Waals surface area contributed by atoms with E-state index in [9.17, 15) is 18.0 Å². The Bertz CT molecular complexity index is 567. The maximum atomic E-state index is 12.7. The van der Waals surface area contributed by atoms with Crippen molar-refractivity contribution in [1.29, 1.82) is 0 Å². The van der Waals surface area contributed by atoms with E-state index in [2.05, 4.69) is 0 Å². The second-order valence-corrected chi connectivity index (χ2v) is 7.35. The summed E-state index contributed by atoms with van der Waals surface area (Å²) < 4.78 is 54.9. The standard InChI is InChI=1S/C17H23F3O4/c1-9(17(18,19)20)5-6-12-15(3,24-12)14-13(22-4)11(21)7-10(2)16(14)8-23-16/h7,9,12-14H,5-6,8H2,1-4H3/t9?,12-,13-,14-,15?,16-/m1/s1. The third-order valence-corrected chi connectivity index (χ3v) is 5.84. The first-order valence-electron chi connectivity index (χ1n) is 8.20. The summed E-state index contributed by atoms with van der Waals surface area (Å²) in [6.07, 6.45) is -3.34. The van der Waals surface area contributed by atoms with E-state index in [-0.39, 0.29) is 24.2 Å². The highest BCUT2D eigenvalue weighted by atomic mass is 19.4. The number of epoxide rings is 2. The van der Waals surface area contributed by atoms with Crippen molar-refractivity contribution in [2.75, 3.05) is 13.7 Å². The van der Waals surface area contributed by atoms with Crippen LogP contribution >= 0.6 is 0 Å². The van der Waals surface area contributed by atoms with E-state index in [1.165, 1.54) is 14.0 Å². The highest BCUT2D eigenvalue weighted by molar-refractivity contribution is 5.96. The van der Waals surface area contributed by atoms with Gasteiger partial charge in [-0.2, -0.15) is 13.2 Å². The lowest BCUT2D eigenvalue weighted by Crippen LogP contribution is -2.52. The number of halogens is 3. The van der Waals surface area contributed by atoms with Gasteiger partial charge in [0.2, 0.25) is 0 Å². The SMILES string of the molecule is CO[C@@H]1C(=O)C=C(C)[C@]2(CO2)[C@H]1C1(C)O[C@@H]1CCC(C)C(F)(F)F. The van der Waals surface area contributed by atoms with Gasteiger partial charge in [0.25, 0.3) is 0 Å². The van der Waals surface area contributed by atoms with Crippen LogP contribution in [-0.2, 0) is 19.0 Å². The minimum atomic E-state index is -4.19. The Kier molecular flexibility index (Phi) is 4.13. The number of hydrogen-bond donors (Lipinski definition) is 0. The molecule has 3 aliphatic rings. The lowest BCUT2D eigenvalue weighted by molar-refractivity contribution is -0.171. The van der Waals surface area contributed by atoms with Gasteiger partial charge in [-0.1, -0.05) is 6.92 Å². The van der Waals surface area contributed by atoms with Crippen LogP contribution in [-0.4, -0.2) is 49.1 Å². The first-order valence-corrected chi connectivity index (χ1v) is 8.20. The number of methoxy groups -OCH3 is 1. The molecule has 0 aromatic rings. The van der Waals surface area contributed by atoms with E-state index >= 15 is 0 Å². The highest BCUT2D eigenvalue weighted by Gasteiger charge is 2.72. The highest BCUT2D eigenvalue weighted by Crippen LogP contribution is 2.59. The summed E-state index contributed by atoms with van der Waals surface area (Å²) >= 11 is 0. The van der Waals surface area contributed by atoms with Crippen molar-refractivity contribution in [2.45, 2.75) is 63.2 Å². The molecule has 7 heteroatoms. The van der Waals surface area contributed by atoms with E-state index in [0.29, 0.717) is 13.0 Å². The molecule has 136 valence electrons. The molecule has 6 atom stereocenters. The monoisotopic (exact) mass is 348 g/mol.